The number of aromatic nitrogens is 2. The molecule has 3 heterocycles. The highest BCUT2D eigenvalue weighted by Gasteiger charge is 2.49. The van der Waals surface area contributed by atoms with Gasteiger partial charge in [0.2, 0.25) is 0 Å². The van der Waals surface area contributed by atoms with Gasteiger partial charge in [-0.05, 0) is 51.5 Å². The number of carboxylic acids is 1. The summed E-state index contributed by atoms with van der Waals surface area (Å²) >= 11 is 0. The monoisotopic (exact) mass is 357 g/mol. The van der Waals surface area contributed by atoms with E-state index in [1.54, 1.807) is 4.90 Å². The zero-order valence-corrected chi connectivity index (χ0v) is 15.2. The molecule has 0 aromatic carbocycles. The van der Waals surface area contributed by atoms with Crippen molar-refractivity contribution >= 4 is 11.9 Å². The number of carboxylic acid groups (broad SMARTS) is 1. The summed E-state index contributed by atoms with van der Waals surface area (Å²) < 4.78 is 7.02. The molecule has 138 valence electrons. The topological polar surface area (TPSA) is 88.6 Å². The molecule has 0 bridgehead atoms. The molecule has 1 saturated heterocycles. The molecule has 7 heteroatoms. The smallest absolute Gasteiger partial charge is 0.326 e. The molecule has 7 nitrogen and oxygen atoms in total. The van der Waals surface area contributed by atoms with Crippen molar-refractivity contribution in [3.05, 3.63) is 34.8 Å². The second-order valence-electron chi connectivity index (χ2n) is 7.51. The third-order valence-corrected chi connectivity index (χ3v) is 5.91. The number of carbonyl (C=O) groups is 2. The highest BCUT2D eigenvalue weighted by molar-refractivity contribution is 5.98. The Morgan fingerprint density at radius 3 is 2.65 bits per heavy atom. The van der Waals surface area contributed by atoms with Gasteiger partial charge in [0.1, 0.15) is 11.8 Å². The molecule has 3 atom stereocenters. The Morgan fingerprint density at radius 2 is 2.00 bits per heavy atom. The molecule has 3 unspecified atom stereocenters. The summed E-state index contributed by atoms with van der Waals surface area (Å²) in [6.07, 6.45) is 2.96. The standard InChI is InChI=1S/C19H23N3O4/c1-10-7-15(12(3)22(10)16-8-11(2)26-20-16)18(23)21-9-13-5-4-6-14(13)17(21)19(24)25/h7-8,13-14,17H,4-6,9H2,1-3H3,(H,24,25). The Labute approximate surface area is 151 Å². The first kappa shape index (κ1) is 16.9. The van der Waals surface area contributed by atoms with E-state index in [4.69, 9.17) is 4.52 Å². The van der Waals surface area contributed by atoms with E-state index in [2.05, 4.69) is 5.16 Å². The Kier molecular flexibility index (Phi) is 3.89. The number of carbonyl (C=O) groups excluding carboxylic acids is 1. The van der Waals surface area contributed by atoms with Gasteiger partial charge < -0.3 is 14.5 Å². The van der Waals surface area contributed by atoms with E-state index < -0.39 is 12.0 Å². The highest BCUT2D eigenvalue weighted by atomic mass is 16.5. The summed E-state index contributed by atoms with van der Waals surface area (Å²) in [5, 5.41) is 13.8. The number of nitrogens with zero attached hydrogens (tertiary/aromatic N) is 3. The summed E-state index contributed by atoms with van der Waals surface area (Å²) in [5.74, 6) is 0.614. The minimum absolute atomic E-state index is 0.0816. The predicted molar refractivity (Wildman–Crippen MR) is 93.3 cm³/mol. The Hall–Kier alpha value is -2.57. The lowest BCUT2D eigenvalue weighted by atomic mass is 9.94. The number of fused-ring (bicyclic) bond motifs is 1. The number of hydrogen-bond donors (Lipinski definition) is 1. The van der Waals surface area contributed by atoms with E-state index >= 15 is 0 Å². The van der Waals surface area contributed by atoms with E-state index in [0.29, 0.717) is 29.6 Å². The Morgan fingerprint density at radius 1 is 1.23 bits per heavy atom. The highest BCUT2D eigenvalue weighted by Crippen LogP contribution is 2.43. The van der Waals surface area contributed by atoms with Crippen LogP contribution in [0.15, 0.2) is 16.7 Å². The SMILES string of the molecule is Cc1cc(-n2c(C)cc(C(=O)N3CC4CCCC4C3C(=O)O)c2C)no1. The van der Waals surface area contributed by atoms with Gasteiger partial charge >= 0.3 is 5.97 Å². The summed E-state index contributed by atoms with van der Waals surface area (Å²) in [6.45, 7) is 6.11. The maximum atomic E-state index is 13.2. The zero-order chi connectivity index (χ0) is 18.6. The lowest BCUT2D eigenvalue weighted by Crippen LogP contribution is -2.43. The fourth-order valence-corrected chi connectivity index (χ4v) is 4.78. The molecule has 2 aliphatic rings. The van der Waals surface area contributed by atoms with Crippen molar-refractivity contribution in [2.45, 2.75) is 46.1 Å². The fourth-order valence-electron chi connectivity index (χ4n) is 4.78. The number of amides is 1. The van der Waals surface area contributed by atoms with Crippen LogP contribution >= 0.6 is 0 Å². The average Bonchev–Trinajstić information content (AvgIpc) is 3.30. The van der Waals surface area contributed by atoms with Crippen molar-refractivity contribution in [2.24, 2.45) is 11.8 Å². The molecular weight excluding hydrogens is 334 g/mol. The molecule has 1 saturated carbocycles. The fraction of sp³-hybridized carbons (Fsp3) is 0.526. The minimum Gasteiger partial charge on any atom is -0.480 e. The number of aryl methyl sites for hydroxylation is 2. The average molecular weight is 357 g/mol. The van der Waals surface area contributed by atoms with Crippen LogP contribution in [0.2, 0.25) is 0 Å². The molecule has 26 heavy (non-hydrogen) atoms. The molecule has 2 fully saturated rings. The van der Waals surface area contributed by atoms with Crippen LogP contribution in [-0.4, -0.2) is 44.2 Å². The van der Waals surface area contributed by atoms with E-state index in [-0.39, 0.29) is 11.8 Å². The normalized spacial score (nSPS) is 24.9. The molecular formula is C19H23N3O4. The molecule has 2 aromatic rings. The second-order valence-corrected chi connectivity index (χ2v) is 7.51. The van der Waals surface area contributed by atoms with Gasteiger partial charge in [0.25, 0.3) is 5.91 Å². The van der Waals surface area contributed by atoms with Crippen molar-refractivity contribution in [1.82, 2.24) is 14.6 Å². The second kappa shape index (κ2) is 6.00. The first-order chi connectivity index (χ1) is 12.4. The van der Waals surface area contributed by atoms with Gasteiger partial charge in [0.05, 0.1) is 5.56 Å². The van der Waals surface area contributed by atoms with Gasteiger partial charge in [-0.1, -0.05) is 11.6 Å². The molecule has 0 radical (unpaired) electrons. The van der Waals surface area contributed by atoms with Gasteiger partial charge in [0, 0.05) is 24.0 Å². The van der Waals surface area contributed by atoms with E-state index in [9.17, 15) is 14.7 Å². The molecule has 1 amide bonds. The van der Waals surface area contributed by atoms with Gasteiger partial charge in [-0.3, -0.25) is 9.36 Å². The Balaban J connectivity index is 1.70. The number of rotatable bonds is 3. The van der Waals surface area contributed by atoms with Gasteiger partial charge in [0.15, 0.2) is 5.82 Å². The van der Waals surface area contributed by atoms with Crippen LogP contribution in [0.5, 0.6) is 0 Å². The quantitative estimate of drug-likeness (QED) is 0.912. The summed E-state index contributed by atoms with van der Waals surface area (Å²) in [5.41, 5.74) is 2.15. The summed E-state index contributed by atoms with van der Waals surface area (Å²) in [6, 6.07) is 2.91. The number of likely N-dealkylation sites (tertiary alicyclic amines) is 1. The third-order valence-electron chi connectivity index (χ3n) is 5.91. The Bertz CT molecular complexity index is 881. The molecule has 0 spiro atoms. The van der Waals surface area contributed by atoms with E-state index in [1.165, 1.54) is 0 Å². The zero-order valence-electron chi connectivity index (χ0n) is 15.2. The predicted octanol–water partition coefficient (Wildman–Crippen LogP) is 2.72. The maximum Gasteiger partial charge on any atom is 0.326 e. The van der Waals surface area contributed by atoms with Crippen LogP contribution in [0.3, 0.4) is 0 Å². The summed E-state index contributed by atoms with van der Waals surface area (Å²) in [7, 11) is 0. The van der Waals surface area contributed by atoms with Crippen molar-refractivity contribution in [3.63, 3.8) is 0 Å². The van der Waals surface area contributed by atoms with Crippen LogP contribution < -0.4 is 0 Å². The van der Waals surface area contributed by atoms with Crippen LogP contribution in [0.4, 0.5) is 0 Å². The van der Waals surface area contributed by atoms with Crippen LogP contribution in [-0.2, 0) is 4.79 Å². The van der Waals surface area contributed by atoms with Crippen molar-refractivity contribution in [2.75, 3.05) is 6.54 Å². The largest absolute Gasteiger partial charge is 0.480 e. The van der Waals surface area contributed by atoms with Crippen LogP contribution in [0.1, 0.15) is 46.8 Å². The molecule has 4 rings (SSSR count). The lowest BCUT2D eigenvalue weighted by molar-refractivity contribution is -0.142. The molecule has 1 N–H and O–H groups in total. The first-order valence-electron chi connectivity index (χ1n) is 9.05. The van der Waals surface area contributed by atoms with Gasteiger partial charge in [-0.2, -0.15) is 0 Å². The van der Waals surface area contributed by atoms with Crippen LogP contribution in [0, 0.1) is 32.6 Å². The first-order valence-corrected chi connectivity index (χ1v) is 9.05. The third kappa shape index (κ3) is 2.45. The van der Waals surface area contributed by atoms with Gasteiger partial charge in [-0.25, -0.2) is 4.79 Å². The minimum atomic E-state index is -0.895. The lowest BCUT2D eigenvalue weighted by Gasteiger charge is -2.24. The van der Waals surface area contributed by atoms with E-state index in [1.807, 2.05) is 37.5 Å². The number of aliphatic carboxylic acids is 1. The molecule has 2 aromatic heterocycles. The molecule has 1 aliphatic carbocycles. The van der Waals surface area contributed by atoms with Crippen LogP contribution in [0.25, 0.3) is 5.82 Å². The van der Waals surface area contributed by atoms with Crippen molar-refractivity contribution < 1.29 is 19.2 Å². The number of hydrogen-bond acceptors (Lipinski definition) is 4. The van der Waals surface area contributed by atoms with Gasteiger partial charge in [-0.15, -0.1) is 0 Å². The van der Waals surface area contributed by atoms with Crippen molar-refractivity contribution in [1.29, 1.82) is 0 Å². The summed E-state index contributed by atoms with van der Waals surface area (Å²) in [4.78, 5) is 26.6. The van der Waals surface area contributed by atoms with Crippen molar-refractivity contribution in [3.8, 4) is 5.82 Å². The molecule has 1 aliphatic heterocycles. The van der Waals surface area contributed by atoms with E-state index in [0.717, 1.165) is 30.7 Å². The maximum absolute atomic E-state index is 13.2.